The molecule has 188 valence electrons. The van der Waals surface area contributed by atoms with Crippen LogP contribution in [-0.2, 0) is 20.4 Å². The number of rotatable bonds is 10. The van der Waals surface area contributed by atoms with Crippen molar-refractivity contribution in [2.75, 3.05) is 6.61 Å². The lowest BCUT2D eigenvalue weighted by Crippen LogP contribution is -2.44. The van der Waals surface area contributed by atoms with Gasteiger partial charge >= 0.3 is 6.09 Å². The number of cyclic esters (lactones) is 1. The highest BCUT2D eigenvalue weighted by Crippen LogP contribution is 2.44. The lowest BCUT2D eigenvalue weighted by atomic mass is 9.90. The predicted octanol–water partition coefficient (Wildman–Crippen LogP) is 6.97. The topological polar surface area (TPSA) is 55.8 Å². The standard InChI is InChI=1S/C28H43NO4Si/c1-20(2)28(6,7)34(8,9)33-18-22(4)23(5)21(3)15-16-26(30)29-25(19-32-27(29)31)17-24-13-11-10-12-14-24/h10-16,18,20-21,23,25H,17,19H2,1-9H3/b16-15+,22-18-/t21-,23-,25-/m0/s1. The molecule has 0 aliphatic carbocycles. The zero-order valence-electron chi connectivity index (χ0n) is 22.4. The van der Waals surface area contributed by atoms with Crippen molar-refractivity contribution < 1.29 is 18.8 Å². The second kappa shape index (κ2) is 11.4. The van der Waals surface area contributed by atoms with E-state index in [0.717, 1.165) is 11.1 Å². The number of allylic oxidation sites excluding steroid dienone is 2. The molecule has 1 heterocycles. The van der Waals surface area contributed by atoms with Crippen molar-refractivity contribution in [2.45, 2.75) is 79.1 Å². The fourth-order valence-electron chi connectivity index (χ4n) is 3.86. The second-order valence-electron chi connectivity index (χ2n) is 11.0. The van der Waals surface area contributed by atoms with Crippen molar-refractivity contribution in [3.05, 3.63) is 59.9 Å². The fraction of sp³-hybridized carbons (Fsp3) is 0.571. The van der Waals surface area contributed by atoms with E-state index in [-0.39, 0.29) is 35.4 Å². The number of hydrogen-bond acceptors (Lipinski definition) is 4. The van der Waals surface area contributed by atoms with Gasteiger partial charge in [-0.2, -0.15) is 0 Å². The van der Waals surface area contributed by atoms with Crippen LogP contribution in [0.5, 0.6) is 0 Å². The van der Waals surface area contributed by atoms with Crippen LogP contribution in [-0.4, -0.2) is 37.9 Å². The number of nitrogens with zero attached hydrogens (tertiary/aromatic N) is 1. The molecule has 0 bridgehead atoms. The Morgan fingerprint density at radius 2 is 1.82 bits per heavy atom. The molecule has 1 aliphatic heterocycles. The van der Waals surface area contributed by atoms with Gasteiger partial charge in [-0.3, -0.25) is 4.79 Å². The number of ether oxygens (including phenoxy) is 1. The van der Waals surface area contributed by atoms with Crippen LogP contribution in [0.4, 0.5) is 4.79 Å². The van der Waals surface area contributed by atoms with Crippen molar-refractivity contribution in [2.24, 2.45) is 17.8 Å². The SMILES string of the molecule is C/C(=C/O[Si](C)(C)C(C)(C)C(C)C)[C@@H](C)[C@@H](C)/C=C/C(=O)N1C(=O)OC[C@@H]1Cc1ccccc1. The maximum absolute atomic E-state index is 12.9. The van der Waals surface area contributed by atoms with Crippen molar-refractivity contribution in [3.63, 3.8) is 0 Å². The van der Waals surface area contributed by atoms with Gasteiger partial charge in [-0.15, -0.1) is 0 Å². The molecule has 2 rings (SSSR count). The Morgan fingerprint density at radius 1 is 1.21 bits per heavy atom. The van der Waals surface area contributed by atoms with E-state index >= 15 is 0 Å². The number of hydrogen-bond donors (Lipinski definition) is 0. The van der Waals surface area contributed by atoms with E-state index in [1.165, 1.54) is 11.0 Å². The molecule has 1 saturated heterocycles. The number of amides is 2. The largest absolute Gasteiger partial charge is 0.549 e. The first-order valence-electron chi connectivity index (χ1n) is 12.3. The zero-order valence-corrected chi connectivity index (χ0v) is 23.4. The summed E-state index contributed by atoms with van der Waals surface area (Å²) in [5, 5.41) is 0.144. The molecular weight excluding hydrogens is 442 g/mol. The van der Waals surface area contributed by atoms with E-state index in [2.05, 4.69) is 61.6 Å². The summed E-state index contributed by atoms with van der Waals surface area (Å²) in [7, 11) is -1.95. The Morgan fingerprint density at radius 3 is 2.41 bits per heavy atom. The van der Waals surface area contributed by atoms with Crippen LogP contribution >= 0.6 is 0 Å². The molecule has 1 aliphatic rings. The molecule has 0 unspecified atom stereocenters. The summed E-state index contributed by atoms with van der Waals surface area (Å²) >= 11 is 0. The maximum atomic E-state index is 12.9. The third-order valence-corrected chi connectivity index (χ3v) is 12.5. The summed E-state index contributed by atoms with van der Waals surface area (Å²) in [6.45, 7) is 20.2. The number of imide groups is 1. The first-order chi connectivity index (χ1) is 15.8. The smallest absolute Gasteiger partial charge is 0.417 e. The highest BCUT2D eigenvalue weighted by Gasteiger charge is 2.44. The minimum Gasteiger partial charge on any atom is -0.549 e. The second-order valence-corrected chi connectivity index (χ2v) is 15.5. The molecule has 0 radical (unpaired) electrons. The number of benzene rings is 1. The Labute approximate surface area is 207 Å². The third-order valence-electron chi connectivity index (χ3n) is 8.10. The Hall–Kier alpha value is -2.34. The minimum absolute atomic E-state index is 0.109. The molecule has 3 atom stereocenters. The van der Waals surface area contributed by atoms with Crippen molar-refractivity contribution >= 4 is 20.3 Å². The van der Waals surface area contributed by atoms with Gasteiger partial charge < -0.3 is 9.16 Å². The van der Waals surface area contributed by atoms with Crippen molar-refractivity contribution in [3.8, 4) is 0 Å². The van der Waals surface area contributed by atoms with Crippen LogP contribution in [0, 0.1) is 17.8 Å². The van der Waals surface area contributed by atoms with Crippen molar-refractivity contribution in [1.29, 1.82) is 0 Å². The molecule has 1 fully saturated rings. The molecule has 1 aromatic rings. The van der Waals surface area contributed by atoms with Gasteiger partial charge in [0.2, 0.25) is 8.32 Å². The molecule has 1 aromatic carbocycles. The summed E-state index contributed by atoms with van der Waals surface area (Å²) in [5.74, 6) is 0.517. The molecule has 2 amide bonds. The molecular formula is C28H43NO4Si. The van der Waals surface area contributed by atoms with Crippen LogP contribution in [0.25, 0.3) is 0 Å². The first kappa shape index (κ1) is 27.9. The fourth-order valence-corrected chi connectivity index (χ4v) is 6.03. The van der Waals surface area contributed by atoms with Gasteiger partial charge in [-0.05, 0) is 66.4 Å². The number of carbonyl (C=O) groups excluding carboxylic acids is 2. The average molecular weight is 486 g/mol. The normalized spacial score (nSPS) is 19.5. The first-order valence-corrected chi connectivity index (χ1v) is 15.2. The van der Waals surface area contributed by atoms with E-state index in [1.54, 1.807) is 0 Å². The average Bonchev–Trinajstić information content (AvgIpc) is 3.15. The van der Waals surface area contributed by atoms with E-state index < -0.39 is 14.4 Å². The Kier molecular flexibility index (Phi) is 9.35. The van der Waals surface area contributed by atoms with Crippen LogP contribution in [0.15, 0.2) is 54.3 Å². The number of carbonyl (C=O) groups is 2. The van der Waals surface area contributed by atoms with Gasteiger partial charge in [-0.1, -0.05) is 78.0 Å². The quantitative estimate of drug-likeness (QED) is 0.204. The third kappa shape index (κ3) is 6.62. The van der Waals surface area contributed by atoms with E-state index in [9.17, 15) is 9.59 Å². The molecule has 0 N–H and O–H groups in total. The minimum atomic E-state index is -1.95. The van der Waals surface area contributed by atoms with Gasteiger partial charge in [0, 0.05) is 0 Å². The Balaban J connectivity index is 2.02. The molecule has 5 nitrogen and oxygen atoms in total. The lowest BCUT2D eigenvalue weighted by Gasteiger charge is -2.41. The highest BCUT2D eigenvalue weighted by atomic mass is 28.4. The zero-order chi connectivity index (χ0) is 25.7. The van der Waals surface area contributed by atoms with Gasteiger partial charge in [0.1, 0.15) is 6.61 Å². The monoisotopic (exact) mass is 485 g/mol. The van der Waals surface area contributed by atoms with Crippen LogP contribution in [0.2, 0.25) is 18.1 Å². The maximum Gasteiger partial charge on any atom is 0.417 e. The van der Waals surface area contributed by atoms with E-state index in [4.69, 9.17) is 9.16 Å². The molecule has 0 aromatic heterocycles. The van der Waals surface area contributed by atoms with Gasteiger partial charge in [0.05, 0.1) is 12.3 Å². The predicted molar refractivity (Wildman–Crippen MR) is 141 cm³/mol. The van der Waals surface area contributed by atoms with Crippen LogP contribution in [0.3, 0.4) is 0 Å². The van der Waals surface area contributed by atoms with E-state index in [0.29, 0.717) is 12.3 Å². The molecule has 34 heavy (non-hydrogen) atoms. The Bertz CT molecular complexity index is 904. The molecule has 0 saturated carbocycles. The van der Waals surface area contributed by atoms with Crippen molar-refractivity contribution in [1.82, 2.24) is 4.90 Å². The summed E-state index contributed by atoms with van der Waals surface area (Å²) in [5.41, 5.74) is 2.22. The lowest BCUT2D eigenvalue weighted by molar-refractivity contribution is -0.124. The highest BCUT2D eigenvalue weighted by molar-refractivity contribution is 6.74. The van der Waals surface area contributed by atoms with Gasteiger partial charge in [0.15, 0.2) is 0 Å². The summed E-state index contributed by atoms with van der Waals surface area (Å²) < 4.78 is 11.6. The molecule has 0 spiro atoms. The van der Waals surface area contributed by atoms with Crippen LogP contribution < -0.4 is 0 Å². The van der Waals surface area contributed by atoms with Crippen LogP contribution in [0.1, 0.15) is 54.0 Å². The van der Waals surface area contributed by atoms with E-state index in [1.807, 2.05) is 42.7 Å². The summed E-state index contributed by atoms with van der Waals surface area (Å²) in [6, 6.07) is 9.56. The summed E-state index contributed by atoms with van der Waals surface area (Å²) in [4.78, 5) is 26.4. The summed E-state index contributed by atoms with van der Waals surface area (Å²) in [6.07, 6.45) is 5.35. The molecule has 6 heteroatoms. The van der Waals surface area contributed by atoms with Gasteiger partial charge in [0.25, 0.3) is 5.91 Å². The van der Waals surface area contributed by atoms with Gasteiger partial charge in [-0.25, -0.2) is 9.69 Å².